The van der Waals surface area contributed by atoms with Gasteiger partial charge in [0.05, 0.1) is 17.6 Å². The summed E-state index contributed by atoms with van der Waals surface area (Å²) >= 11 is 0. The molecule has 1 atom stereocenters. The van der Waals surface area contributed by atoms with Crippen LogP contribution < -0.4 is 5.32 Å². The lowest BCUT2D eigenvalue weighted by atomic mass is 10.2. The highest BCUT2D eigenvalue weighted by atomic mass is 19.4. The molecule has 0 amide bonds. The fraction of sp³-hybridized carbons (Fsp3) is 0.545. The fourth-order valence-electron chi connectivity index (χ4n) is 1.64. The molecule has 0 saturated heterocycles. The van der Waals surface area contributed by atoms with Gasteiger partial charge in [0.25, 0.3) is 0 Å². The number of nitro groups is 1. The molecule has 0 bridgehead atoms. The zero-order chi connectivity index (χ0) is 16.0. The lowest BCUT2D eigenvalue weighted by molar-refractivity contribution is -0.384. The van der Waals surface area contributed by atoms with Crippen molar-refractivity contribution in [3.8, 4) is 0 Å². The van der Waals surface area contributed by atoms with E-state index in [1.807, 2.05) is 0 Å². The van der Waals surface area contributed by atoms with E-state index in [0.29, 0.717) is 12.3 Å². The number of hydrogen-bond donors (Lipinski definition) is 2. The molecule has 21 heavy (non-hydrogen) atoms. The van der Waals surface area contributed by atoms with Crippen LogP contribution in [0.4, 0.5) is 24.5 Å². The van der Waals surface area contributed by atoms with Crippen LogP contribution in [0.25, 0.3) is 0 Å². The maximum absolute atomic E-state index is 12.6. The van der Waals surface area contributed by atoms with Crippen molar-refractivity contribution in [2.45, 2.75) is 18.6 Å². The lowest BCUT2D eigenvalue weighted by Crippen LogP contribution is -2.27. The summed E-state index contributed by atoms with van der Waals surface area (Å²) in [6, 6.07) is 0.000204. The first-order chi connectivity index (χ1) is 9.79. The molecule has 0 aliphatic heterocycles. The predicted molar refractivity (Wildman–Crippen MR) is 66.9 cm³/mol. The minimum Gasteiger partial charge on any atom is -0.396 e. The van der Waals surface area contributed by atoms with Gasteiger partial charge in [-0.2, -0.15) is 13.2 Å². The van der Waals surface area contributed by atoms with E-state index in [4.69, 9.17) is 9.84 Å². The van der Waals surface area contributed by atoms with Crippen LogP contribution in [-0.2, 0) is 10.9 Å². The zero-order valence-corrected chi connectivity index (χ0v) is 11.1. The van der Waals surface area contributed by atoms with Crippen LogP contribution in [0.5, 0.6) is 0 Å². The summed E-state index contributed by atoms with van der Waals surface area (Å²) in [6.07, 6.45) is -4.00. The third-order valence-corrected chi connectivity index (χ3v) is 2.58. The second kappa shape index (κ2) is 7.18. The molecule has 0 aliphatic rings. The van der Waals surface area contributed by atoms with E-state index in [2.05, 4.69) is 10.3 Å². The minimum absolute atomic E-state index is 0.0708. The number of alkyl halides is 3. The molecular formula is C11H14F3N3O4. The van der Waals surface area contributed by atoms with E-state index in [-0.39, 0.29) is 25.3 Å². The molecule has 0 saturated carbocycles. The van der Waals surface area contributed by atoms with Crippen LogP contribution in [0.3, 0.4) is 0 Å². The molecular weight excluding hydrogens is 295 g/mol. The summed E-state index contributed by atoms with van der Waals surface area (Å²) < 4.78 is 42.7. The van der Waals surface area contributed by atoms with E-state index < -0.39 is 28.5 Å². The molecule has 0 fully saturated rings. The van der Waals surface area contributed by atoms with Crippen molar-refractivity contribution in [1.29, 1.82) is 0 Å². The molecule has 0 spiro atoms. The van der Waals surface area contributed by atoms with Crippen LogP contribution >= 0.6 is 0 Å². The first kappa shape index (κ1) is 17.1. The third-order valence-electron chi connectivity index (χ3n) is 2.58. The molecule has 0 aromatic carbocycles. The van der Waals surface area contributed by atoms with Gasteiger partial charge < -0.3 is 15.2 Å². The Morgan fingerprint density at radius 1 is 1.57 bits per heavy atom. The molecule has 1 unspecified atom stereocenters. The van der Waals surface area contributed by atoms with Crippen molar-refractivity contribution < 1.29 is 27.9 Å². The van der Waals surface area contributed by atoms with Crippen LogP contribution in [0.2, 0.25) is 0 Å². The second-order valence-corrected chi connectivity index (χ2v) is 4.15. The number of anilines is 1. The van der Waals surface area contributed by atoms with Gasteiger partial charge in [-0.25, -0.2) is 4.98 Å². The number of methoxy groups -OCH3 is 1. The number of nitrogens with one attached hydrogen (secondary N) is 1. The van der Waals surface area contributed by atoms with Crippen molar-refractivity contribution in [2.75, 3.05) is 25.6 Å². The Morgan fingerprint density at radius 3 is 2.71 bits per heavy atom. The average Bonchev–Trinajstić information content (AvgIpc) is 2.38. The summed E-state index contributed by atoms with van der Waals surface area (Å²) in [6.45, 7) is -0.173. The number of aliphatic hydroxyl groups is 1. The van der Waals surface area contributed by atoms with E-state index in [1.54, 1.807) is 0 Å². The third kappa shape index (κ3) is 4.83. The smallest absolute Gasteiger partial charge is 0.396 e. The maximum Gasteiger partial charge on any atom is 0.433 e. The molecule has 118 valence electrons. The maximum atomic E-state index is 12.6. The van der Waals surface area contributed by atoms with E-state index >= 15 is 0 Å². The Balaban J connectivity index is 3.13. The van der Waals surface area contributed by atoms with Crippen LogP contribution in [0.15, 0.2) is 12.3 Å². The molecule has 1 aromatic rings. The molecule has 0 radical (unpaired) electrons. The van der Waals surface area contributed by atoms with E-state index in [0.717, 1.165) is 0 Å². The molecule has 2 N–H and O–H groups in total. The number of pyridine rings is 1. The number of halogens is 3. The molecule has 10 heteroatoms. The van der Waals surface area contributed by atoms with Gasteiger partial charge in [-0.15, -0.1) is 0 Å². The average molecular weight is 309 g/mol. The Bertz CT molecular complexity index is 490. The second-order valence-electron chi connectivity index (χ2n) is 4.15. The predicted octanol–water partition coefficient (Wildman–Crippen LogP) is 1.82. The number of ether oxygens (including phenoxy) is 1. The summed E-state index contributed by atoms with van der Waals surface area (Å²) in [7, 11) is 1.37. The number of nitrogens with zero attached hydrogens (tertiary/aromatic N) is 2. The molecule has 7 nitrogen and oxygen atoms in total. The quantitative estimate of drug-likeness (QED) is 0.589. The Kier molecular flexibility index (Phi) is 5.85. The van der Waals surface area contributed by atoms with Crippen LogP contribution in [-0.4, -0.2) is 41.4 Å². The van der Waals surface area contributed by atoms with Crippen LogP contribution in [0, 0.1) is 10.1 Å². The van der Waals surface area contributed by atoms with Gasteiger partial charge in [-0.05, 0) is 12.5 Å². The monoisotopic (exact) mass is 309 g/mol. The van der Waals surface area contributed by atoms with E-state index in [9.17, 15) is 23.3 Å². The largest absolute Gasteiger partial charge is 0.433 e. The van der Waals surface area contributed by atoms with Gasteiger partial charge in [0, 0.05) is 13.7 Å². The highest BCUT2D eigenvalue weighted by molar-refractivity contribution is 5.61. The van der Waals surface area contributed by atoms with Gasteiger partial charge in [-0.1, -0.05) is 0 Å². The molecule has 0 aliphatic carbocycles. The SMILES string of the molecule is COCC(CCO)Nc1cc(C(F)(F)F)ncc1[N+](=O)[O-]. The standard InChI is InChI=1S/C11H14F3N3O4/c1-21-6-7(2-3-18)16-8-4-10(11(12,13)14)15-5-9(8)17(19)20/h4-5,7,18H,2-3,6H2,1H3,(H,15,16). The van der Waals surface area contributed by atoms with Gasteiger partial charge >= 0.3 is 11.9 Å². The van der Waals surface area contributed by atoms with Crippen LogP contribution in [0.1, 0.15) is 12.1 Å². The van der Waals surface area contributed by atoms with Gasteiger partial charge in [0.1, 0.15) is 17.6 Å². The first-order valence-electron chi connectivity index (χ1n) is 5.87. The molecule has 1 heterocycles. The molecule has 1 rings (SSSR count). The summed E-state index contributed by atoms with van der Waals surface area (Å²) in [5, 5.41) is 22.3. The van der Waals surface area contributed by atoms with Crippen molar-refractivity contribution >= 4 is 11.4 Å². The number of aromatic nitrogens is 1. The highest BCUT2D eigenvalue weighted by Gasteiger charge is 2.34. The first-order valence-corrected chi connectivity index (χ1v) is 5.87. The zero-order valence-electron chi connectivity index (χ0n) is 11.1. The minimum atomic E-state index is -4.71. The van der Waals surface area contributed by atoms with Gasteiger partial charge in [-0.3, -0.25) is 10.1 Å². The summed E-state index contributed by atoms with van der Waals surface area (Å²) in [4.78, 5) is 13.1. The number of hydrogen-bond acceptors (Lipinski definition) is 6. The van der Waals surface area contributed by atoms with Crippen molar-refractivity contribution in [3.05, 3.63) is 28.1 Å². The number of rotatable bonds is 7. The Labute approximate surface area is 117 Å². The fourth-order valence-corrected chi connectivity index (χ4v) is 1.64. The summed E-state index contributed by atoms with van der Waals surface area (Å²) in [5.41, 5.74) is -2.14. The highest BCUT2D eigenvalue weighted by Crippen LogP contribution is 2.33. The molecule has 1 aromatic heterocycles. The number of aliphatic hydroxyl groups excluding tert-OH is 1. The topological polar surface area (TPSA) is 97.5 Å². The van der Waals surface area contributed by atoms with Crippen molar-refractivity contribution in [3.63, 3.8) is 0 Å². The summed E-state index contributed by atoms with van der Waals surface area (Å²) in [5.74, 6) is 0. The van der Waals surface area contributed by atoms with Crippen molar-refractivity contribution in [1.82, 2.24) is 4.98 Å². The Hall–Kier alpha value is -1.94. The van der Waals surface area contributed by atoms with Gasteiger partial charge in [0.15, 0.2) is 0 Å². The lowest BCUT2D eigenvalue weighted by Gasteiger charge is -2.18. The normalized spacial score (nSPS) is 13.0. The van der Waals surface area contributed by atoms with Gasteiger partial charge in [0.2, 0.25) is 0 Å². The van der Waals surface area contributed by atoms with Crippen molar-refractivity contribution in [2.24, 2.45) is 0 Å². The Morgan fingerprint density at radius 2 is 2.24 bits per heavy atom. The van der Waals surface area contributed by atoms with E-state index in [1.165, 1.54) is 7.11 Å².